The van der Waals surface area contributed by atoms with Crippen LogP contribution in [0.5, 0.6) is 0 Å². The maximum atomic E-state index is 2.58. The molecule has 0 spiro atoms. The van der Waals surface area contributed by atoms with Crippen molar-refractivity contribution in [3.05, 3.63) is 254 Å². The molecule has 0 atom stereocenters. The fraction of sp³-hybridized carbons (Fsp3) is 0.0476. The highest BCUT2D eigenvalue weighted by molar-refractivity contribution is 7.22. The Bertz CT molecular complexity index is 3630. The Labute approximate surface area is 387 Å². The molecule has 0 fully saturated rings. The minimum atomic E-state index is -2.79. The van der Waals surface area contributed by atoms with E-state index in [0.29, 0.717) is 0 Å². The average Bonchev–Trinajstić information content (AvgIpc) is 3.96. The second-order valence-corrected chi connectivity index (χ2v) is 22.1. The highest BCUT2D eigenvalue weighted by Crippen LogP contribution is 2.56. The van der Waals surface area contributed by atoms with Crippen LogP contribution in [0.4, 0.5) is 17.1 Å². The highest BCUT2D eigenvalue weighted by atomic mass is 28.3. The van der Waals surface area contributed by atoms with Gasteiger partial charge in [0.25, 0.3) is 0 Å². The molecule has 11 aromatic rings. The molecule has 0 radical (unpaired) electrons. The predicted octanol–water partition coefficient (Wildman–Crippen LogP) is 13.6. The van der Waals surface area contributed by atoms with Crippen molar-refractivity contribution in [3.63, 3.8) is 0 Å². The van der Waals surface area contributed by atoms with Gasteiger partial charge >= 0.3 is 0 Å². The van der Waals surface area contributed by atoms with Crippen LogP contribution in [0.25, 0.3) is 60.9 Å². The predicted molar refractivity (Wildman–Crippen MR) is 281 cm³/mol. The number of hydrogen-bond donors (Lipinski definition) is 0. The van der Waals surface area contributed by atoms with Gasteiger partial charge in [0.1, 0.15) is 0 Å². The van der Waals surface area contributed by atoms with Crippen LogP contribution in [0.1, 0.15) is 25.0 Å². The van der Waals surface area contributed by atoms with Crippen molar-refractivity contribution < 1.29 is 0 Å². The Morgan fingerprint density at radius 3 is 1.73 bits per heavy atom. The fourth-order valence-electron chi connectivity index (χ4n) is 11.9. The summed E-state index contributed by atoms with van der Waals surface area (Å²) < 4.78 is 2.41. The molecule has 0 bridgehead atoms. The molecule has 1 aliphatic heterocycles. The van der Waals surface area contributed by atoms with E-state index in [2.05, 4.69) is 266 Å². The Hall–Kier alpha value is -7.98. The molecule has 1 aromatic heterocycles. The first-order valence-electron chi connectivity index (χ1n) is 23.1. The van der Waals surface area contributed by atoms with Gasteiger partial charge < -0.3 is 9.47 Å². The average molecular weight is 859 g/mol. The lowest BCUT2D eigenvalue weighted by Crippen LogP contribution is -2.72. The molecule has 10 aromatic carbocycles. The van der Waals surface area contributed by atoms with E-state index < -0.39 is 8.07 Å². The molecule has 0 N–H and O–H groups in total. The molecular formula is C63H46N2Si. The molecule has 13 rings (SSSR count). The third kappa shape index (κ3) is 5.47. The molecule has 3 heteroatoms. The standard InChI is InChI=1S/C63H46N2Si/c1-63(2)55-34-19-32-49(43-21-6-3-7-22-43)61(55)53-33-20-36-58(62(53)63)64(46-39-40-57-54(42-46)50-29-12-15-35-56(50)65(57)44-23-8-4-9-24-44)45-25-18-28-48(41-45)66(47-26-10-5-11-27-47)59-37-16-13-30-51(59)52-31-14-17-38-60(52)66/h3-42H,1-2H3. The van der Waals surface area contributed by atoms with Crippen molar-refractivity contribution in [2.24, 2.45) is 0 Å². The van der Waals surface area contributed by atoms with Crippen LogP contribution >= 0.6 is 0 Å². The van der Waals surface area contributed by atoms with Crippen LogP contribution in [0.2, 0.25) is 0 Å². The summed E-state index contributed by atoms with van der Waals surface area (Å²) in [6, 6.07) is 90.9. The van der Waals surface area contributed by atoms with Gasteiger partial charge in [-0.3, -0.25) is 0 Å². The molecule has 1 aliphatic carbocycles. The number of nitrogens with zero attached hydrogens (tertiary/aromatic N) is 2. The second-order valence-electron chi connectivity index (χ2n) is 18.4. The van der Waals surface area contributed by atoms with Gasteiger partial charge in [-0.1, -0.05) is 202 Å². The normalized spacial score (nSPS) is 13.8. The van der Waals surface area contributed by atoms with Gasteiger partial charge in [0.15, 0.2) is 8.07 Å². The van der Waals surface area contributed by atoms with Gasteiger partial charge in [-0.2, -0.15) is 0 Å². The van der Waals surface area contributed by atoms with Gasteiger partial charge in [-0.05, 0) is 120 Å². The lowest BCUT2D eigenvalue weighted by atomic mass is 9.80. The summed E-state index contributed by atoms with van der Waals surface area (Å²) in [5, 5.41) is 8.12. The van der Waals surface area contributed by atoms with Crippen molar-refractivity contribution in [3.8, 4) is 39.1 Å². The Balaban J connectivity index is 1.10. The van der Waals surface area contributed by atoms with E-state index in [-0.39, 0.29) is 5.41 Å². The number of rotatable bonds is 7. The van der Waals surface area contributed by atoms with Crippen LogP contribution in [-0.2, 0) is 5.41 Å². The van der Waals surface area contributed by atoms with E-state index in [4.69, 9.17) is 0 Å². The quantitative estimate of drug-likeness (QED) is 0.145. The fourth-order valence-corrected chi connectivity index (χ4v) is 17.1. The summed E-state index contributed by atoms with van der Waals surface area (Å²) in [6.45, 7) is 4.84. The molecule has 312 valence electrons. The Morgan fingerprint density at radius 1 is 0.409 bits per heavy atom. The molecule has 0 unspecified atom stereocenters. The molecule has 2 nitrogen and oxygen atoms in total. The first-order valence-corrected chi connectivity index (χ1v) is 25.1. The maximum Gasteiger partial charge on any atom is 0.180 e. The summed E-state index contributed by atoms with van der Waals surface area (Å²) in [7, 11) is -2.79. The van der Waals surface area contributed by atoms with Crippen LogP contribution in [0, 0.1) is 0 Å². The van der Waals surface area contributed by atoms with E-state index >= 15 is 0 Å². The second kappa shape index (κ2) is 14.8. The van der Waals surface area contributed by atoms with Crippen molar-refractivity contribution in [1.29, 1.82) is 0 Å². The van der Waals surface area contributed by atoms with E-state index in [1.807, 2.05) is 0 Å². The monoisotopic (exact) mass is 858 g/mol. The summed E-state index contributed by atoms with van der Waals surface area (Å²) in [4.78, 5) is 2.58. The number of aromatic nitrogens is 1. The third-order valence-corrected chi connectivity index (χ3v) is 19.5. The smallest absolute Gasteiger partial charge is 0.180 e. The van der Waals surface area contributed by atoms with Crippen LogP contribution in [-0.4, -0.2) is 12.6 Å². The molecule has 2 heterocycles. The number of benzene rings is 10. The maximum absolute atomic E-state index is 2.79. The Kier molecular flexibility index (Phi) is 8.62. The zero-order valence-electron chi connectivity index (χ0n) is 37.0. The zero-order valence-corrected chi connectivity index (χ0v) is 38.0. The molecule has 0 amide bonds. The number of para-hydroxylation sites is 2. The minimum Gasteiger partial charge on any atom is -0.310 e. The van der Waals surface area contributed by atoms with Crippen molar-refractivity contribution in [2.45, 2.75) is 19.3 Å². The molecular weight excluding hydrogens is 813 g/mol. The van der Waals surface area contributed by atoms with E-state index in [0.717, 1.165) is 17.1 Å². The first-order chi connectivity index (χ1) is 32.5. The summed E-state index contributed by atoms with van der Waals surface area (Å²) in [5.41, 5.74) is 17.2. The zero-order chi connectivity index (χ0) is 44.0. The van der Waals surface area contributed by atoms with Crippen LogP contribution in [0.3, 0.4) is 0 Å². The van der Waals surface area contributed by atoms with E-state index in [1.165, 1.54) is 92.7 Å². The summed E-state index contributed by atoms with van der Waals surface area (Å²) in [6.07, 6.45) is 0. The summed E-state index contributed by atoms with van der Waals surface area (Å²) in [5.74, 6) is 0. The van der Waals surface area contributed by atoms with Gasteiger partial charge in [0.2, 0.25) is 0 Å². The summed E-state index contributed by atoms with van der Waals surface area (Å²) >= 11 is 0. The van der Waals surface area contributed by atoms with Gasteiger partial charge in [-0.15, -0.1) is 0 Å². The van der Waals surface area contributed by atoms with Gasteiger partial charge in [0, 0.05) is 33.2 Å². The Morgan fingerprint density at radius 2 is 0.970 bits per heavy atom. The number of hydrogen-bond acceptors (Lipinski definition) is 1. The van der Waals surface area contributed by atoms with Crippen molar-refractivity contribution >= 4 is 67.7 Å². The minimum absolute atomic E-state index is 0.293. The molecule has 66 heavy (non-hydrogen) atoms. The van der Waals surface area contributed by atoms with Crippen LogP contribution < -0.4 is 25.6 Å². The lowest BCUT2D eigenvalue weighted by Gasteiger charge is -2.35. The van der Waals surface area contributed by atoms with E-state index in [1.54, 1.807) is 0 Å². The van der Waals surface area contributed by atoms with Crippen molar-refractivity contribution in [1.82, 2.24) is 4.57 Å². The van der Waals surface area contributed by atoms with E-state index in [9.17, 15) is 0 Å². The topological polar surface area (TPSA) is 8.17 Å². The molecule has 0 saturated heterocycles. The molecule has 0 saturated carbocycles. The molecule has 2 aliphatic rings. The van der Waals surface area contributed by atoms with Gasteiger partial charge in [-0.25, -0.2) is 0 Å². The van der Waals surface area contributed by atoms with Crippen LogP contribution in [0.15, 0.2) is 243 Å². The SMILES string of the molecule is CC1(C)c2cccc(-c3ccccc3)c2-c2cccc(N(c3cccc([Si]4(c5ccccc5)c5ccccc5-c5ccccc54)c3)c3ccc4c(c3)c3ccccc3n4-c3ccccc3)c21. The largest absolute Gasteiger partial charge is 0.310 e. The van der Waals surface area contributed by atoms with Crippen molar-refractivity contribution in [2.75, 3.05) is 4.90 Å². The third-order valence-electron chi connectivity index (χ3n) is 14.6. The first kappa shape index (κ1) is 38.5. The lowest BCUT2D eigenvalue weighted by molar-refractivity contribution is 0.661. The number of fused-ring (bicyclic) bond motifs is 9. The number of anilines is 3. The van der Waals surface area contributed by atoms with Gasteiger partial charge in [0.05, 0.1) is 16.7 Å². The highest BCUT2D eigenvalue weighted by Gasteiger charge is 2.49.